The zero-order valence-electron chi connectivity index (χ0n) is 11.1. The predicted molar refractivity (Wildman–Crippen MR) is 74.9 cm³/mol. The van der Waals surface area contributed by atoms with Gasteiger partial charge < -0.3 is 10.5 Å². The van der Waals surface area contributed by atoms with Crippen molar-refractivity contribution in [1.82, 2.24) is 0 Å². The number of nitrogens with two attached hydrogens (primary N) is 1. The molecule has 0 fully saturated rings. The van der Waals surface area contributed by atoms with Gasteiger partial charge in [-0.25, -0.2) is 0 Å². The number of ether oxygens (including phenoxy) is 1. The summed E-state index contributed by atoms with van der Waals surface area (Å²) in [5, 5.41) is 0. The van der Waals surface area contributed by atoms with Gasteiger partial charge in [-0.2, -0.15) is 0 Å². The van der Waals surface area contributed by atoms with Crippen LogP contribution in [0.2, 0.25) is 0 Å². The molecule has 94 valence electrons. The van der Waals surface area contributed by atoms with Crippen LogP contribution < -0.4 is 10.5 Å². The maximum Gasteiger partial charge on any atom is 0.123 e. The summed E-state index contributed by atoms with van der Waals surface area (Å²) in [4.78, 5) is 0. The lowest BCUT2D eigenvalue weighted by Crippen LogP contribution is -2.13. The van der Waals surface area contributed by atoms with Crippen LogP contribution in [-0.2, 0) is 0 Å². The predicted octanol–water partition coefficient (Wildman–Crippen LogP) is 3.36. The Kier molecular flexibility index (Phi) is 3.68. The van der Waals surface area contributed by atoms with Gasteiger partial charge in [0, 0.05) is 5.56 Å². The maximum atomic E-state index is 6.35. The van der Waals surface area contributed by atoms with E-state index in [0.717, 1.165) is 16.9 Å². The molecule has 2 heteroatoms. The van der Waals surface area contributed by atoms with Crippen LogP contribution in [0.25, 0.3) is 0 Å². The van der Waals surface area contributed by atoms with Gasteiger partial charge in [-0.05, 0) is 25.5 Å². The second-order valence-electron chi connectivity index (χ2n) is 4.64. The zero-order valence-corrected chi connectivity index (χ0v) is 11.1. The molecule has 0 amide bonds. The van der Waals surface area contributed by atoms with Gasteiger partial charge in [-0.15, -0.1) is 0 Å². The third-order valence-electron chi connectivity index (χ3n) is 3.08. The summed E-state index contributed by atoms with van der Waals surface area (Å²) in [5.74, 6) is 0.837. The summed E-state index contributed by atoms with van der Waals surface area (Å²) >= 11 is 0. The van der Waals surface area contributed by atoms with Gasteiger partial charge >= 0.3 is 0 Å². The van der Waals surface area contributed by atoms with Crippen molar-refractivity contribution in [2.24, 2.45) is 5.73 Å². The minimum Gasteiger partial charge on any atom is -0.496 e. The van der Waals surface area contributed by atoms with Crippen LogP contribution in [0.1, 0.15) is 28.3 Å². The Bertz CT molecular complexity index is 528. The Morgan fingerprint density at radius 3 is 2.22 bits per heavy atom. The fourth-order valence-corrected chi connectivity index (χ4v) is 2.29. The number of para-hydroxylation sites is 1. The molecule has 0 aliphatic rings. The normalized spacial score (nSPS) is 12.2. The number of hydrogen-bond donors (Lipinski definition) is 1. The Balaban J connectivity index is 2.44. The van der Waals surface area contributed by atoms with Gasteiger partial charge in [0.2, 0.25) is 0 Å². The Labute approximate surface area is 108 Å². The standard InChI is InChI=1S/C16H19NO/c1-11-8-12(2)10-13(9-11)16(17)14-6-4-5-7-15(14)18-3/h4-10,16H,17H2,1-3H3. The van der Waals surface area contributed by atoms with Crippen LogP contribution in [0.4, 0.5) is 0 Å². The van der Waals surface area contributed by atoms with Gasteiger partial charge in [0.05, 0.1) is 13.2 Å². The van der Waals surface area contributed by atoms with E-state index >= 15 is 0 Å². The highest BCUT2D eigenvalue weighted by molar-refractivity contribution is 5.43. The van der Waals surface area contributed by atoms with E-state index < -0.39 is 0 Å². The molecule has 2 N–H and O–H groups in total. The first kappa shape index (κ1) is 12.7. The van der Waals surface area contributed by atoms with Crippen molar-refractivity contribution in [3.63, 3.8) is 0 Å². The van der Waals surface area contributed by atoms with E-state index in [1.807, 2.05) is 24.3 Å². The lowest BCUT2D eigenvalue weighted by molar-refractivity contribution is 0.408. The van der Waals surface area contributed by atoms with E-state index in [9.17, 15) is 0 Å². The molecule has 0 bridgehead atoms. The van der Waals surface area contributed by atoms with Crippen LogP contribution in [-0.4, -0.2) is 7.11 Å². The fourth-order valence-electron chi connectivity index (χ4n) is 2.29. The van der Waals surface area contributed by atoms with E-state index in [4.69, 9.17) is 10.5 Å². The van der Waals surface area contributed by atoms with Gasteiger partial charge in [0.25, 0.3) is 0 Å². The SMILES string of the molecule is COc1ccccc1C(N)c1cc(C)cc(C)c1. The highest BCUT2D eigenvalue weighted by Crippen LogP contribution is 2.28. The van der Waals surface area contributed by atoms with E-state index in [1.165, 1.54) is 11.1 Å². The van der Waals surface area contributed by atoms with Crippen molar-refractivity contribution in [1.29, 1.82) is 0 Å². The minimum atomic E-state index is -0.153. The van der Waals surface area contributed by atoms with Crippen molar-refractivity contribution in [2.75, 3.05) is 7.11 Å². The highest BCUT2D eigenvalue weighted by atomic mass is 16.5. The summed E-state index contributed by atoms with van der Waals surface area (Å²) in [5.41, 5.74) is 11.0. The summed E-state index contributed by atoms with van der Waals surface area (Å²) in [6.07, 6.45) is 0. The first-order valence-corrected chi connectivity index (χ1v) is 6.08. The monoisotopic (exact) mass is 241 g/mol. The van der Waals surface area contributed by atoms with Crippen molar-refractivity contribution in [3.8, 4) is 5.75 Å². The van der Waals surface area contributed by atoms with Crippen LogP contribution in [0.5, 0.6) is 5.75 Å². The van der Waals surface area contributed by atoms with Crippen molar-refractivity contribution < 1.29 is 4.74 Å². The number of methoxy groups -OCH3 is 1. The minimum absolute atomic E-state index is 0.153. The van der Waals surface area contributed by atoms with Crippen molar-refractivity contribution in [3.05, 3.63) is 64.7 Å². The number of aryl methyl sites for hydroxylation is 2. The number of hydrogen-bond acceptors (Lipinski definition) is 2. The average Bonchev–Trinajstić information content (AvgIpc) is 2.36. The molecule has 1 atom stereocenters. The first-order valence-electron chi connectivity index (χ1n) is 6.08. The first-order chi connectivity index (χ1) is 8.61. The summed E-state index contributed by atoms with van der Waals surface area (Å²) < 4.78 is 5.37. The topological polar surface area (TPSA) is 35.2 Å². The molecule has 2 aromatic rings. The van der Waals surface area contributed by atoms with Crippen molar-refractivity contribution >= 4 is 0 Å². The van der Waals surface area contributed by atoms with Gasteiger partial charge in [0.1, 0.15) is 5.75 Å². The summed E-state index contributed by atoms with van der Waals surface area (Å²) in [6, 6.07) is 14.2. The van der Waals surface area contributed by atoms with Crippen LogP contribution >= 0.6 is 0 Å². The van der Waals surface area contributed by atoms with Crippen LogP contribution in [0.3, 0.4) is 0 Å². The van der Waals surface area contributed by atoms with E-state index in [2.05, 4.69) is 32.0 Å². The Morgan fingerprint density at radius 1 is 1.00 bits per heavy atom. The molecular weight excluding hydrogens is 222 g/mol. The molecule has 1 unspecified atom stereocenters. The van der Waals surface area contributed by atoms with E-state index in [-0.39, 0.29) is 6.04 Å². The Hall–Kier alpha value is -1.80. The van der Waals surface area contributed by atoms with Crippen molar-refractivity contribution in [2.45, 2.75) is 19.9 Å². The molecule has 0 aliphatic carbocycles. The molecule has 0 spiro atoms. The zero-order chi connectivity index (χ0) is 13.1. The Morgan fingerprint density at radius 2 is 1.61 bits per heavy atom. The number of rotatable bonds is 3. The third kappa shape index (κ3) is 2.54. The molecule has 0 heterocycles. The average molecular weight is 241 g/mol. The maximum absolute atomic E-state index is 6.35. The third-order valence-corrected chi connectivity index (χ3v) is 3.08. The summed E-state index contributed by atoms with van der Waals surface area (Å²) in [7, 11) is 1.67. The second-order valence-corrected chi connectivity index (χ2v) is 4.64. The molecule has 0 aliphatic heterocycles. The molecule has 0 saturated carbocycles. The fraction of sp³-hybridized carbons (Fsp3) is 0.250. The molecule has 2 nitrogen and oxygen atoms in total. The molecule has 0 saturated heterocycles. The summed E-state index contributed by atoms with van der Waals surface area (Å²) in [6.45, 7) is 4.18. The molecule has 18 heavy (non-hydrogen) atoms. The molecule has 2 aromatic carbocycles. The molecule has 2 rings (SSSR count). The van der Waals surface area contributed by atoms with Gasteiger partial charge in [-0.1, -0.05) is 47.5 Å². The van der Waals surface area contributed by atoms with Gasteiger partial charge in [0.15, 0.2) is 0 Å². The van der Waals surface area contributed by atoms with Crippen LogP contribution in [0, 0.1) is 13.8 Å². The highest BCUT2D eigenvalue weighted by Gasteiger charge is 2.13. The smallest absolute Gasteiger partial charge is 0.123 e. The lowest BCUT2D eigenvalue weighted by atomic mass is 9.96. The van der Waals surface area contributed by atoms with E-state index in [0.29, 0.717) is 0 Å². The largest absolute Gasteiger partial charge is 0.496 e. The van der Waals surface area contributed by atoms with E-state index in [1.54, 1.807) is 7.11 Å². The number of benzene rings is 2. The molecular formula is C16H19NO. The molecule has 0 aromatic heterocycles. The van der Waals surface area contributed by atoms with Gasteiger partial charge in [-0.3, -0.25) is 0 Å². The second kappa shape index (κ2) is 5.23. The van der Waals surface area contributed by atoms with Crippen LogP contribution in [0.15, 0.2) is 42.5 Å². The lowest BCUT2D eigenvalue weighted by Gasteiger charge is -2.17. The quantitative estimate of drug-likeness (QED) is 0.894. The molecule has 0 radical (unpaired) electrons.